The summed E-state index contributed by atoms with van der Waals surface area (Å²) in [6.45, 7) is 3.60. The summed E-state index contributed by atoms with van der Waals surface area (Å²) in [6.07, 6.45) is 0. The Balaban J connectivity index is 2.49. The highest BCUT2D eigenvalue weighted by Gasteiger charge is 2.13. The molecule has 0 aliphatic carbocycles. The van der Waals surface area contributed by atoms with Crippen LogP contribution in [0.5, 0.6) is 0 Å². The minimum Gasteiger partial charge on any atom is -0.308 e. The summed E-state index contributed by atoms with van der Waals surface area (Å²) in [7, 11) is 4.01. The van der Waals surface area contributed by atoms with Gasteiger partial charge in [0, 0.05) is 23.7 Å². The van der Waals surface area contributed by atoms with Gasteiger partial charge in [-0.3, -0.25) is 4.79 Å². The normalized spacial score (nSPS) is 12.8. The van der Waals surface area contributed by atoms with E-state index in [0.29, 0.717) is 10.6 Å². The molecule has 1 aromatic rings. The van der Waals surface area contributed by atoms with E-state index in [1.165, 1.54) is 0 Å². The van der Waals surface area contributed by atoms with Gasteiger partial charge in [0.15, 0.2) is 5.78 Å². The van der Waals surface area contributed by atoms with Crippen molar-refractivity contribution in [2.45, 2.75) is 13.0 Å². The first-order chi connectivity index (χ1) is 8.00. The van der Waals surface area contributed by atoms with Gasteiger partial charge in [0.2, 0.25) is 0 Å². The number of nitrogens with zero attached hydrogens (tertiary/aromatic N) is 1. The molecular weight excluding hydrogens is 236 g/mol. The quantitative estimate of drug-likeness (QED) is 0.789. The third kappa shape index (κ3) is 4.86. The van der Waals surface area contributed by atoms with E-state index < -0.39 is 0 Å². The third-order valence-electron chi connectivity index (χ3n) is 2.53. The maximum Gasteiger partial charge on any atom is 0.179 e. The summed E-state index contributed by atoms with van der Waals surface area (Å²) in [5.74, 6) is 0.0976. The van der Waals surface area contributed by atoms with Crippen molar-refractivity contribution < 1.29 is 4.79 Å². The molecule has 0 aliphatic heterocycles. The number of hydrogen-bond donors (Lipinski definition) is 1. The number of likely N-dealkylation sites (N-methyl/N-ethyl adjacent to an activating group) is 1. The van der Waals surface area contributed by atoms with E-state index in [0.717, 1.165) is 13.1 Å². The molecule has 0 saturated heterocycles. The van der Waals surface area contributed by atoms with E-state index in [-0.39, 0.29) is 11.8 Å². The minimum absolute atomic E-state index is 0.0976. The van der Waals surface area contributed by atoms with Gasteiger partial charge in [-0.15, -0.1) is 0 Å². The number of ketones is 1. The van der Waals surface area contributed by atoms with Crippen LogP contribution >= 0.6 is 11.6 Å². The van der Waals surface area contributed by atoms with Crippen molar-refractivity contribution in [3.8, 4) is 0 Å². The number of nitrogens with one attached hydrogen (secondary N) is 1. The zero-order valence-electron chi connectivity index (χ0n) is 10.5. The second-order valence-corrected chi connectivity index (χ2v) is 4.79. The molecule has 0 bridgehead atoms. The van der Waals surface area contributed by atoms with Crippen LogP contribution in [0.3, 0.4) is 0 Å². The molecule has 0 aromatic heterocycles. The molecule has 4 heteroatoms. The van der Waals surface area contributed by atoms with Gasteiger partial charge in [-0.05, 0) is 45.3 Å². The summed E-state index contributed by atoms with van der Waals surface area (Å²) < 4.78 is 0. The molecule has 0 heterocycles. The fourth-order valence-corrected chi connectivity index (χ4v) is 1.59. The van der Waals surface area contributed by atoms with Crippen LogP contribution in [0.1, 0.15) is 17.3 Å². The highest BCUT2D eigenvalue weighted by atomic mass is 35.5. The van der Waals surface area contributed by atoms with Crippen LogP contribution < -0.4 is 5.32 Å². The molecular formula is C13H19ClN2O. The first kappa shape index (κ1) is 14.2. The molecule has 0 radical (unpaired) electrons. The highest BCUT2D eigenvalue weighted by Crippen LogP contribution is 2.11. The van der Waals surface area contributed by atoms with Crippen LogP contribution in [-0.2, 0) is 0 Å². The Labute approximate surface area is 108 Å². The number of halogens is 1. The Morgan fingerprint density at radius 2 is 1.94 bits per heavy atom. The monoisotopic (exact) mass is 254 g/mol. The number of carbonyl (C=O) groups excluding carboxylic acids is 1. The van der Waals surface area contributed by atoms with Crippen LogP contribution in [0, 0.1) is 0 Å². The average Bonchev–Trinajstić information content (AvgIpc) is 2.28. The molecule has 0 aliphatic rings. The van der Waals surface area contributed by atoms with Gasteiger partial charge in [0.25, 0.3) is 0 Å². The fraction of sp³-hybridized carbons (Fsp3) is 0.462. The van der Waals surface area contributed by atoms with Crippen molar-refractivity contribution in [1.82, 2.24) is 10.2 Å². The molecule has 1 rings (SSSR count). The summed E-state index contributed by atoms with van der Waals surface area (Å²) >= 11 is 5.78. The maximum absolute atomic E-state index is 12.0. The Kier molecular flexibility index (Phi) is 5.62. The van der Waals surface area contributed by atoms with Crippen molar-refractivity contribution >= 4 is 17.4 Å². The first-order valence-electron chi connectivity index (χ1n) is 5.68. The number of Topliss-reactive ketones (excluding diaryl/α,β-unsaturated/α-hetero) is 1. The third-order valence-corrected chi connectivity index (χ3v) is 2.78. The molecule has 94 valence electrons. The van der Waals surface area contributed by atoms with Crippen molar-refractivity contribution in [3.63, 3.8) is 0 Å². The van der Waals surface area contributed by atoms with Gasteiger partial charge in [-0.2, -0.15) is 0 Å². The van der Waals surface area contributed by atoms with E-state index in [1.807, 2.05) is 21.0 Å². The minimum atomic E-state index is -0.170. The highest BCUT2D eigenvalue weighted by molar-refractivity contribution is 6.30. The van der Waals surface area contributed by atoms with E-state index in [9.17, 15) is 4.79 Å². The predicted molar refractivity (Wildman–Crippen MR) is 71.8 cm³/mol. The summed E-state index contributed by atoms with van der Waals surface area (Å²) in [5.41, 5.74) is 0.694. The van der Waals surface area contributed by atoms with Crippen molar-refractivity contribution in [2.75, 3.05) is 27.2 Å². The second-order valence-electron chi connectivity index (χ2n) is 4.35. The standard InChI is InChI=1S/C13H19ClN2O/c1-10(15-8-9-16(2)3)13(17)11-4-6-12(14)7-5-11/h4-7,10,15H,8-9H2,1-3H3. The second kappa shape index (κ2) is 6.74. The van der Waals surface area contributed by atoms with Crippen LogP contribution in [0.25, 0.3) is 0 Å². The van der Waals surface area contributed by atoms with Crippen molar-refractivity contribution in [1.29, 1.82) is 0 Å². The fourth-order valence-electron chi connectivity index (χ4n) is 1.46. The summed E-state index contributed by atoms with van der Waals surface area (Å²) in [6, 6.07) is 6.82. The lowest BCUT2D eigenvalue weighted by atomic mass is 10.1. The molecule has 0 saturated carbocycles. The van der Waals surface area contributed by atoms with E-state index in [1.54, 1.807) is 24.3 Å². The van der Waals surface area contributed by atoms with Crippen LogP contribution in [0.15, 0.2) is 24.3 Å². The zero-order chi connectivity index (χ0) is 12.8. The van der Waals surface area contributed by atoms with Gasteiger partial charge >= 0.3 is 0 Å². The largest absolute Gasteiger partial charge is 0.308 e. The molecule has 0 spiro atoms. The number of carbonyl (C=O) groups is 1. The Hall–Kier alpha value is -0.900. The van der Waals surface area contributed by atoms with Crippen LogP contribution in [0.2, 0.25) is 5.02 Å². The Morgan fingerprint density at radius 1 is 1.35 bits per heavy atom. The molecule has 0 amide bonds. The van der Waals surface area contributed by atoms with E-state index in [4.69, 9.17) is 11.6 Å². The van der Waals surface area contributed by atoms with Gasteiger partial charge in [0.1, 0.15) is 0 Å². The van der Waals surface area contributed by atoms with Gasteiger partial charge in [0.05, 0.1) is 6.04 Å². The Bertz CT molecular complexity index is 362. The first-order valence-corrected chi connectivity index (χ1v) is 6.06. The molecule has 1 N–H and O–H groups in total. The molecule has 1 unspecified atom stereocenters. The lowest BCUT2D eigenvalue weighted by Crippen LogP contribution is -2.38. The molecule has 1 atom stereocenters. The average molecular weight is 255 g/mol. The lowest BCUT2D eigenvalue weighted by Gasteiger charge is -2.15. The number of rotatable bonds is 6. The molecule has 1 aromatic carbocycles. The van der Waals surface area contributed by atoms with Crippen molar-refractivity contribution in [3.05, 3.63) is 34.9 Å². The predicted octanol–water partition coefficient (Wildman–Crippen LogP) is 2.06. The van der Waals surface area contributed by atoms with E-state index >= 15 is 0 Å². The van der Waals surface area contributed by atoms with Crippen LogP contribution in [-0.4, -0.2) is 43.9 Å². The lowest BCUT2D eigenvalue weighted by molar-refractivity contribution is 0.0950. The van der Waals surface area contributed by atoms with Crippen molar-refractivity contribution in [2.24, 2.45) is 0 Å². The van der Waals surface area contributed by atoms with Crippen LogP contribution in [0.4, 0.5) is 0 Å². The van der Waals surface area contributed by atoms with Gasteiger partial charge < -0.3 is 10.2 Å². The Morgan fingerprint density at radius 3 is 2.47 bits per heavy atom. The smallest absolute Gasteiger partial charge is 0.179 e. The van der Waals surface area contributed by atoms with E-state index in [2.05, 4.69) is 10.2 Å². The van der Waals surface area contributed by atoms with Gasteiger partial charge in [-0.1, -0.05) is 11.6 Å². The topological polar surface area (TPSA) is 32.3 Å². The molecule has 17 heavy (non-hydrogen) atoms. The maximum atomic E-state index is 12.0. The molecule has 3 nitrogen and oxygen atoms in total. The van der Waals surface area contributed by atoms with Gasteiger partial charge in [-0.25, -0.2) is 0 Å². The number of benzene rings is 1. The zero-order valence-corrected chi connectivity index (χ0v) is 11.3. The summed E-state index contributed by atoms with van der Waals surface area (Å²) in [4.78, 5) is 14.1. The molecule has 0 fully saturated rings. The summed E-state index contributed by atoms with van der Waals surface area (Å²) in [5, 5.41) is 3.85. The SMILES string of the molecule is CC(NCCN(C)C)C(=O)c1ccc(Cl)cc1. The number of hydrogen-bond acceptors (Lipinski definition) is 3.